The van der Waals surface area contributed by atoms with Gasteiger partial charge in [0.1, 0.15) is 6.33 Å². The lowest BCUT2D eigenvalue weighted by molar-refractivity contribution is -0.136. The minimum Gasteiger partial charge on any atom is -0.481 e. The van der Waals surface area contributed by atoms with E-state index in [1.54, 1.807) is 18.1 Å². The lowest BCUT2D eigenvalue weighted by atomic mass is 10.2. The van der Waals surface area contributed by atoms with Crippen molar-refractivity contribution < 1.29 is 9.90 Å². The Labute approximate surface area is 90.8 Å². The van der Waals surface area contributed by atoms with Crippen LogP contribution in [0.25, 0.3) is 11.6 Å². The molecule has 7 nitrogen and oxygen atoms in total. The third-order valence-electron chi connectivity index (χ3n) is 1.86. The Balaban J connectivity index is 2.22. The first-order valence-electron chi connectivity index (χ1n) is 4.54. The normalized spacial score (nSPS) is 10.3. The summed E-state index contributed by atoms with van der Waals surface area (Å²) in [5.74, 6) is -0.105. The number of nitrogens with zero attached hydrogens (tertiary/aromatic N) is 5. The SMILES string of the molecule is Cn1cnc(-c2ncc(CC(=O)O)cn2)n1. The Kier molecular flexibility index (Phi) is 2.59. The fraction of sp³-hybridized carbons (Fsp3) is 0.222. The van der Waals surface area contributed by atoms with Crippen molar-refractivity contribution in [2.45, 2.75) is 6.42 Å². The lowest BCUT2D eigenvalue weighted by Gasteiger charge is -1.96. The number of rotatable bonds is 3. The van der Waals surface area contributed by atoms with Gasteiger partial charge in [0.2, 0.25) is 5.82 Å². The zero-order chi connectivity index (χ0) is 11.5. The Bertz CT molecular complexity index is 505. The Morgan fingerprint density at radius 1 is 1.31 bits per heavy atom. The second-order valence-electron chi connectivity index (χ2n) is 3.23. The van der Waals surface area contributed by atoms with E-state index in [4.69, 9.17) is 5.11 Å². The van der Waals surface area contributed by atoms with Crippen LogP contribution in [0.5, 0.6) is 0 Å². The molecule has 0 unspecified atom stereocenters. The molecule has 0 spiro atoms. The average Bonchev–Trinajstić information content (AvgIpc) is 2.65. The van der Waals surface area contributed by atoms with Gasteiger partial charge in [-0.25, -0.2) is 15.0 Å². The van der Waals surface area contributed by atoms with Gasteiger partial charge in [0.05, 0.1) is 6.42 Å². The second-order valence-corrected chi connectivity index (χ2v) is 3.23. The molecule has 0 aliphatic carbocycles. The molecule has 0 saturated carbocycles. The van der Waals surface area contributed by atoms with E-state index in [1.165, 1.54) is 12.4 Å². The second kappa shape index (κ2) is 4.05. The molecule has 2 rings (SSSR count). The van der Waals surface area contributed by atoms with Gasteiger partial charge < -0.3 is 5.11 Å². The molecule has 2 heterocycles. The molecule has 82 valence electrons. The molecule has 2 aromatic rings. The number of hydrogen-bond donors (Lipinski definition) is 1. The van der Waals surface area contributed by atoms with E-state index in [9.17, 15) is 4.79 Å². The van der Waals surface area contributed by atoms with Crippen molar-refractivity contribution >= 4 is 5.97 Å². The quantitative estimate of drug-likeness (QED) is 0.774. The van der Waals surface area contributed by atoms with Gasteiger partial charge in [0, 0.05) is 19.4 Å². The summed E-state index contributed by atoms with van der Waals surface area (Å²) >= 11 is 0. The number of carbonyl (C=O) groups is 1. The molecular weight excluding hydrogens is 210 g/mol. The number of aryl methyl sites for hydroxylation is 1. The molecule has 0 aromatic carbocycles. The van der Waals surface area contributed by atoms with Crippen LogP contribution in [-0.2, 0) is 18.3 Å². The molecule has 0 radical (unpaired) electrons. The number of hydrogen-bond acceptors (Lipinski definition) is 5. The van der Waals surface area contributed by atoms with Gasteiger partial charge in [-0.05, 0) is 5.56 Å². The summed E-state index contributed by atoms with van der Waals surface area (Å²) in [5, 5.41) is 12.6. The van der Waals surface area contributed by atoms with Gasteiger partial charge in [-0.1, -0.05) is 0 Å². The average molecular weight is 219 g/mol. The minimum absolute atomic E-state index is 0.0874. The summed E-state index contributed by atoms with van der Waals surface area (Å²) in [6.07, 6.45) is 4.39. The number of aromatic nitrogens is 5. The van der Waals surface area contributed by atoms with Gasteiger partial charge in [0.25, 0.3) is 0 Å². The van der Waals surface area contributed by atoms with E-state index in [0.29, 0.717) is 17.2 Å². The summed E-state index contributed by atoms with van der Waals surface area (Å²) in [5.41, 5.74) is 0.548. The maximum Gasteiger partial charge on any atom is 0.307 e. The van der Waals surface area contributed by atoms with Gasteiger partial charge in [0.15, 0.2) is 5.82 Å². The van der Waals surface area contributed by atoms with Crippen molar-refractivity contribution in [2.75, 3.05) is 0 Å². The van der Waals surface area contributed by atoms with Crippen LogP contribution in [0.1, 0.15) is 5.56 Å². The summed E-state index contributed by atoms with van der Waals surface area (Å²) in [6.45, 7) is 0. The maximum absolute atomic E-state index is 10.4. The summed E-state index contributed by atoms with van der Waals surface area (Å²) in [7, 11) is 1.75. The van der Waals surface area contributed by atoms with Gasteiger partial charge in [-0.3, -0.25) is 9.48 Å². The monoisotopic (exact) mass is 219 g/mol. The highest BCUT2D eigenvalue weighted by atomic mass is 16.4. The Morgan fingerprint density at radius 2 is 2.00 bits per heavy atom. The molecule has 7 heteroatoms. The molecule has 0 aliphatic heterocycles. The highest BCUT2D eigenvalue weighted by molar-refractivity contribution is 5.69. The highest BCUT2D eigenvalue weighted by Gasteiger charge is 2.07. The highest BCUT2D eigenvalue weighted by Crippen LogP contribution is 2.07. The van der Waals surface area contributed by atoms with Crippen LogP contribution < -0.4 is 0 Å². The van der Waals surface area contributed by atoms with Crippen molar-refractivity contribution in [1.29, 1.82) is 0 Å². The van der Waals surface area contributed by atoms with Crippen molar-refractivity contribution in [3.8, 4) is 11.6 Å². The number of aliphatic carboxylic acids is 1. The Hall–Kier alpha value is -2.31. The first-order valence-corrected chi connectivity index (χ1v) is 4.54. The molecule has 2 aromatic heterocycles. The van der Waals surface area contributed by atoms with E-state index in [2.05, 4.69) is 20.1 Å². The van der Waals surface area contributed by atoms with Gasteiger partial charge in [-0.15, -0.1) is 5.10 Å². The molecule has 0 atom stereocenters. The van der Waals surface area contributed by atoms with E-state index >= 15 is 0 Å². The third-order valence-corrected chi connectivity index (χ3v) is 1.86. The fourth-order valence-electron chi connectivity index (χ4n) is 1.18. The third kappa shape index (κ3) is 2.19. The largest absolute Gasteiger partial charge is 0.481 e. The zero-order valence-electron chi connectivity index (χ0n) is 8.53. The van der Waals surface area contributed by atoms with Gasteiger partial charge >= 0.3 is 5.97 Å². The predicted octanol–water partition coefficient (Wildman–Crippen LogP) is -0.101. The van der Waals surface area contributed by atoms with E-state index < -0.39 is 5.97 Å². The summed E-state index contributed by atoms with van der Waals surface area (Å²) < 4.78 is 1.55. The van der Waals surface area contributed by atoms with Crippen LogP contribution in [0.2, 0.25) is 0 Å². The van der Waals surface area contributed by atoms with Crippen LogP contribution in [0, 0.1) is 0 Å². The number of carboxylic acid groups (broad SMARTS) is 1. The Morgan fingerprint density at radius 3 is 2.50 bits per heavy atom. The molecule has 0 fully saturated rings. The molecular formula is C9H9N5O2. The van der Waals surface area contributed by atoms with Crippen molar-refractivity contribution in [1.82, 2.24) is 24.7 Å². The van der Waals surface area contributed by atoms with Crippen LogP contribution in [-0.4, -0.2) is 35.8 Å². The molecule has 16 heavy (non-hydrogen) atoms. The predicted molar refractivity (Wildman–Crippen MR) is 53.4 cm³/mol. The van der Waals surface area contributed by atoms with Crippen molar-refractivity contribution in [2.24, 2.45) is 7.05 Å². The molecule has 0 saturated heterocycles. The van der Waals surface area contributed by atoms with Crippen molar-refractivity contribution in [3.05, 3.63) is 24.3 Å². The van der Waals surface area contributed by atoms with Crippen molar-refractivity contribution in [3.63, 3.8) is 0 Å². The van der Waals surface area contributed by atoms with Crippen LogP contribution in [0.15, 0.2) is 18.7 Å². The molecule has 0 aliphatic rings. The minimum atomic E-state index is -0.910. The van der Waals surface area contributed by atoms with Gasteiger partial charge in [-0.2, -0.15) is 0 Å². The van der Waals surface area contributed by atoms with E-state index in [-0.39, 0.29) is 6.42 Å². The first-order chi connectivity index (χ1) is 7.65. The molecule has 0 amide bonds. The summed E-state index contributed by atoms with van der Waals surface area (Å²) in [4.78, 5) is 22.4. The van der Waals surface area contributed by atoms with E-state index in [1.807, 2.05) is 0 Å². The van der Waals surface area contributed by atoms with E-state index in [0.717, 1.165) is 0 Å². The van der Waals surface area contributed by atoms with Crippen LogP contribution in [0.4, 0.5) is 0 Å². The van der Waals surface area contributed by atoms with Crippen LogP contribution >= 0.6 is 0 Å². The first kappa shape index (κ1) is 10.2. The lowest BCUT2D eigenvalue weighted by Crippen LogP contribution is -2.02. The maximum atomic E-state index is 10.4. The zero-order valence-corrected chi connectivity index (χ0v) is 8.53. The topological polar surface area (TPSA) is 93.8 Å². The van der Waals surface area contributed by atoms with Crippen LogP contribution in [0.3, 0.4) is 0 Å². The summed E-state index contributed by atoms with van der Waals surface area (Å²) in [6, 6.07) is 0. The smallest absolute Gasteiger partial charge is 0.307 e. The number of carboxylic acids is 1. The molecule has 1 N–H and O–H groups in total. The fourth-order valence-corrected chi connectivity index (χ4v) is 1.18. The standard InChI is InChI=1S/C9H9N5O2/c1-14-5-12-9(13-14)8-10-3-6(4-11-8)2-7(15)16/h3-5H,2H2,1H3,(H,15,16). The molecule has 0 bridgehead atoms.